The number of aromatic hydroxyl groups is 1. The van der Waals surface area contributed by atoms with E-state index in [1.807, 2.05) is 39.8 Å². The molecule has 1 aliphatic heterocycles. The average Bonchev–Trinajstić information content (AvgIpc) is 2.50. The molecule has 2 heterocycles. The van der Waals surface area contributed by atoms with Gasteiger partial charge in [-0.15, -0.1) is 0 Å². The van der Waals surface area contributed by atoms with E-state index in [0.717, 1.165) is 11.3 Å². The molecule has 1 aromatic carbocycles. The topological polar surface area (TPSA) is 45.5 Å². The minimum absolute atomic E-state index is 0.239. The van der Waals surface area contributed by atoms with E-state index in [1.165, 1.54) is 12.3 Å². The van der Waals surface area contributed by atoms with Crippen molar-refractivity contribution >= 4 is 0 Å². The molecule has 0 spiro atoms. The normalized spacial score (nSPS) is 16.4. The Morgan fingerprint density at radius 1 is 1.24 bits per heavy atom. The lowest BCUT2D eigenvalue weighted by Crippen LogP contribution is -2.38. The Morgan fingerprint density at radius 2 is 2.00 bits per heavy atom. The van der Waals surface area contributed by atoms with Crippen molar-refractivity contribution in [3.8, 4) is 5.75 Å². The zero-order valence-corrected chi connectivity index (χ0v) is 11.6. The van der Waals surface area contributed by atoms with Crippen molar-refractivity contribution in [1.29, 1.82) is 0 Å². The van der Waals surface area contributed by atoms with Crippen molar-refractivity contribution in [2.45, 2.75) is 19.1 Å². The van der Waals surface area contributed by atoms with Crippen LogP contribution in [0.2, 0.25) is 0 Å². The van der Waals surface area contributed by atoms with Crippen LogP contribution in [0.25, 0.3) is 0 Å². The highest BCUT2D eigenvalue weighted by Gasteiger charge is 2.25. The fourth-order valence-corrected chi connectivity index (χ4v) is 2.81. The van der Waals surface area contributed by atoms with Crippen molar-refractivity contribution in [3.05, 3.63) is 64.1 Å². The number of pyridine rings is 1. The Balaban J connectivity index is 1.88. The van der Waals surface area contributed by atoms with Crippen molar-refractivity contribution in [1.82, 2.24) is 9.47 Å². The number of hydrogen-bond acceptors (Lipinski definition) is 3. The van der Waals surface area contributed by atoms with Crippen molar-refractivity contribution < 1.29 is 9.50 Å². The summed E-state index contributed by atoms with van der Waals surface area (Å²) >= 11 is 0. The smallest absolute Gasteiger partial charge is 0.223 e. The molecule has 110 valence electrons. The van der Waals surface area contributed by atoms with E-state index in [4.69, 9.17) is 0 Å². The summed E-state index contributed by atoms with van der Waals surface area (Å²) in [7, 11) is 0. The fraction of sp³-hybridized carbons (Fsp3) is 0.312. The van der Waals surface area contributed by atoms with Crippen molar-refractivity contribution in [3.63, 3.8) is 0 Å². The van der Waals surface area contributed by atoms with E-state index in [9.17, 15) is 14.3 Å². The second-order valence-corrected chi connectivity index (χ2v) is 5.26. The van der Waals surface area contributed by atoms with Gasteiger partial charge in [-0.05, 0) is 5.56 Å². The van der Waals surface area contributed by atoms with Gasteiger partial charge in [-0.1, -0.05) is 30.3 Å². The summed E-state index contributed by atoms with van der Waals surface area (Å²) in [6, 6.07) is 10.7. The number of rotatable bonds is 3. The van der Waals surface area contributed by atoms with E-state index in [2.05, 4.69) is 0 Å². The largest absolute Gasteiger partial charge is 0.503 e. The van der Waals surface area contributed by atoms with Crippen LogP contribution in [0.3, 0.4) is 0 Å². The number of alkyl halides is 1. The Morgan fingerprint density at radius 3 is 2.71 bits per heavy atom. The minimum atomic E-state index is -0.466. The Bertz CT molecular complexity index is 684. The Hall–Kier alpha value is -2.14. The van der Waals surface area contributed by atoms with Crippen LogP contribution in [-0.2, 0) is 13.1 Å². The number of benzene rings is 1. The summed E-state index contributed by atoms with van der Waals surface area (Å²) in [5, 5.41) is 9.47. The minimum Gasteiger partial charge on any atom is -0.503 e. The first-order valence-electron chi connectivity index (χ1n) is 6.96. The molecule has 0 saturated heterocycles. The van der Waals surface area contributed by atoms with Gasteiger partial charge in [0, 0.05) is 31.4 Å². The van der Waals surface area contributed by atoms with E-state index in [1.54, 1.807) is 0 Å². The summed E-state index contributed by atoms with van der Waals surface area (Å²) < 4.78 is 15.4. The zero-order valence-electron chi connectivity index (χ0n) is 11.6. The lowest BCUT2D eigenvalue weighted by atomic mass is 10.1. The highest BCUT2D eigenvalue weighted by Crippen LogP contribution is 2.25. The van der Waals surface area contributed by atoms with Gasteiger partial charge in [-0.25, -0.2) is 4.39 Å². The third-order valence-electron chi connectivity index (χ3n) is 3.96. The van der Waals surface area contributed by atoms with Gasteiger partial charge in [0.25, 0.3) is 0 Å². The first-order valence-corrected chi connectivity index (χ1v) is 6.96. The summed E-state index contributed by atoms with van der Waals surface area (Å²) in [5.74, 6) is -0.239. The molecule has 1 atom stereocenters. The lowest BCUT2D eigenvalue weighted by Gasteiger charge is -2.35. The Kier molecular flexibility index (Phi) is 3.75. The molecule has 5 heteroatoms. The molecule has 1 aromatic heterocycles. The maximum atomic E-state index is 13.5. The molecule has 0 fully saturated rings. The van der Waals surface area contributed by atoms with E-state index in [-0.39, 0.29) is 17.2 Å². The quantitative estimate of drug-likeness (QED) is 0.940. The molecule has 2 aromatic rings. The molecular weight excluding hydrogens is 271 g/mol. The first kappa shape index (κ1) is 13.8. The zero-order chi connectivity index (χ0) is 14.8. The summed E-state index contributed by atoms with van der Waals surface area (Å²) in [5.41, 5.74) is 1.35. The van der Waals surface area contributed by atoms with Crippen LogP contribution < -0.4 is 5.43 Å². The number of halogens is 1. The van der Waals surface area contributed by atoms with Crippen LogP contribution >= 0.6 is 0 Å². The van der Waals surface area contributed by atoms with Crippen LogP contribution in [0.1, 0.15) is 17.3 Å². The average molecular weight is 288 g/mol. The molecule has 0 saturated carbocycles. The molecule has 0 bridgehead atoms. The maximum absolute atomic E-state index is 13.5. The predicted octanol–water partition coefficient (Wildman–Crippen LogP) is 2.08. The molecule has 3 rings (SSSR count). The molecule has 1 aliphatic rings. The molecule has 0 radical (unpaired) electrons. The second kappa shape index (κ2) is 5.69. The SMILES string of the molecule is O=c1cc2n(cc1O)CCN(C(CF)c1ccccc1)C2. The van der Waals surface area contributed by atoms with Crippen molar-refractivity contribution in [2.24, 2.45) is 0 Å². The highest BCUT2D eigenvalue weighted by atomic mass is 19.1. The van der Waals surface area contributed by atoms with Crippen LogP contribution in [0, 0.1) is 0 Å². The molecule has 0 amide bonds. The number of fused-ring (bicyclic) bond motifs is 1. The van der Waals surface area contributed by atoms with Gasteiger partial charge in [-0.3, -0.25) is 9.69 Å². The van der Waals surface area contributed by atoms with Gasteiger partial charge < -0.3 is 9.67 Å². The van der Waals surface area contributed by atoms with Crippen LogP contribution in [-0.4, -0.2) is 27.8 Å². The third kappa shape index (κ3) is 2.69. The van der Waals surface area contributed by atoms with Gasteiger partial charge in [0.15, 0.2) is 5.75 Å². The predicted molar refractivity (Wildman–Crippen MR) is 77.9 cm³/mol. The highest BCUT2D eigenvalue weighted by molar-refractivity contribution is 5.23. The molecule has 1 N–H and O–H groups in total. The van der Waals surface area contributed by atoms with Crippen LogP contribution in [0.4, 0.5) is 4.39 Å². The van der Waals surface area contributed by atoms with E-state index < -0.39 is 6.67 Å². The molecule has 4 nitrogen and oxygen atoms in total. The van der Waals surface area contributed by atoms with Crippen LogP contribution in [0.5, 0.6) is 5.75 Å². The van der Waals surface area contributed by atoms with Gasteiger partial charge in [0.2, 0.25) is 5.43 Å². The number of hydrogen-bond donors (Lipinski definition) is 1. The fourth-order valence-electron chi connectivity index (χ4n) is 2.81. The van der Waals surface area contributed by atoms with Crippen molar-refractivity contribution in [2.75, 3.05) is 13.2 Å². The van der Waals surface area contributed by atoms with E-state index >= 15 is 0 Å². The lowest BCUT2D eigenvalue weighted by molar-refractivity contribution is 0.130. The van der Waals surface area contributed by atoms with Gasteiger partial charge in [-0.2, -0.15) is 0 Å². The number of nitrogens with zero attached hydrogens (tertiary/aromatic N) is 2. The third-order valence-corrected chi connectivity index (χ3v) is 3.96. The number of aromatic nitrogens is 1. The summed E-state index contributed by atoms with van der Waals surface area (Å²) in [6.07, 6.45) is 1.46. The van der Waals surface area contributed by atoms with Gasteiger partial charge in [0.05, 0.1) is 12.2 Å². The van der Waals surface area contributed by atoms with Crippen LogP contribution in [0.15, 0.2) is 47.4 Å². The maximum Gasteiger partial charge on any atom is 0.223 e. The summed E-state index contributed by atoms with van der Waals surface area (Å²) in [4.78, 5) is 13.6. The molecule has 0 aliphatic carbocycles. The summed E-state index contributed by atoms with van der Waals surface area (Å²) in [6.45, 7) is 1.34. The Labute approximate surface area is 122 Å². The second-order valence-electron chi connectivity index (χ2n) is 5.26. The standard InChI is InChI=1S/C16H17FN2O2/c17-9-14(12-4-2-1-3-5-12)19-7-6-18-11-16(21)15(20)8-13(18)10-19/h1-5,8,11,14,21H,6-7,9-10H2. The molecule has 21 heavy (non-hydrogen) atoms. The van der Waals surface area contributed by atoms with Gasteiger partial charge >= 0.3 is 0 Å². The first-order chi connectivity index (χ1) is 10.2. The molecule has 1 unspecified atom stereocenters. The van der Waals surface area contributed by atoms with E-state index in [0.29, 0.717) is 19.6 Å². The van der Waals surface area contributed by atoms with Gasteiger partial charge in [0.1, 0.15) is 6.67 Å². The molecular formula is C16H17FN2O2. The monoisotopic (exact) mass is 288 g/mol.